The number of hydrogen-bond acceptors (Lipinski definition) is 4. The molecule has 7 heteroatoms. The Hall–Kier alpha value is -1.89. The van der Waals surface area contributed by atoms with Gasteiger partial charge in [0.2, 0.25) is 11.8 Å². The van der Waals surface area contributed by atoms with Crippen molar-refractivity contribution in [3.8, 4) is 0 Å². The first-order valence-electron chi connectivity index (χ1n) is 9.41. The first-order valence-corrected chi connectivity index (χ1v) is 9.41. The molecule has 0 bridgehead atoms. The summed E-state index contributed by atoms with van der Waals surface area (Å²) in [5, 5.41) is 7.77. The topological polar surface area (TPSA) is 93.2 Å². The molecule has 1 aromatic rings. The fourth-order valence-electron chi connectivity index (χ4n) is 3.79. The summed E-state index contributed by atoms with van der Waals surface area (Å²) in [6.07, 6.45) is 6.74. The molecule has 3 N–H and O–H groups in total. The maximum absolute atomic E-state index is 12.1. The molecule has 25 heavy (non-hydrogen) atoms. The number of aryl methyl sites for hydroxylation is 2. The summed E-state index contributed by atoms with van der Waals surface area (Å²) in [5.41, 5.74) is 7.49. The third kappa shape index (κ3) is 4.60. The maximum Gasteiger partial charge on any atom is 0.234 e. The van der Waals surface area contributed by atoms with E-state index in [0.29, 0.717) is 25.4 Å². The van der Waals surface area contributed by atoms with E-state index in [2.05, 4.69) is 21.4 Å². The average molecular weight is 347 g/mol. The molecule has 2 amide bonds. The molecule has 1 fully saturated rings. The van der Waals surface area contributed by atoms with Gasteiger partial charge in [-0.15, -0.1) is 0 Å². The monoisotopic (exact) mass is 347 g/mol. The molecular weight excluding hydrogens is 318 g/mol. The molecule has 0 radical (unpaired) electrons. The number of nitrogens with two attached hydrogens (primary N) is 1. The Bertz CT molecular complexity index is 621. The summed E-state index contributed by atoms with van der Waals surface area (Å²) in [7, 11) is 0. The van der Waals surface area contributed by atoms with Gasteiger partial charge in [0.15, 0.2) is 0 Å². The van der Waals surface area contributed by atoms with Crippen LogP contribution in [0.15, 0.2) is 6.07 Å². The molecule has 2 heterocycles. The molecule has 1 aliphatic heterocycles. The average Bonchev–Trinajstić information content (AvgIpc) is 3.17. The van der Waals surface area contributed by atoms with Crippen molar-refractivity contribution in [3.05, 3.63) is 17.5 Å². The van der Waals surface area contributed by atoms with Crippen LogP contribution in [-0.4, -0.2) is 45.1 Å². The molecule has 1 aliphatic carbocycles. The minimum Gasteiger partial charge on any atom is -0.368 e. The van der Waals surface area contributed by atoms with Crippen LogP contribution in [0, 0.1) is 0 Å². The van der Waals surface area contributed by atoms with Gasteiger partial charge in [-0.05, 0) is 32.3 Å². The summed E-state index contributed by atoms with van der Waals surface area (Å²) >= 11 is 0. The first kappa shape index (κ1) is 17.9. The molecule has 1 atom stereocenters. The summed E-state index contributed by atoms with van der Waals surface area (Å²) < 4.78 is 2.01. The number of aromatic nitrogens is 2. The van der Waals surface area contributed by atoms with Gasteiger partial charge in [-0.2, -0.15) is 5.10 Å². The van der Waals surface area contributed by atoms with Crippen LogP contribution < -0.4 is 11.1 Å². The van der Waals surface area contributed by atoms with Gasteiger partial charge >= 0.3 is 0 Å². The molecule has 3 rings (SSSR count). The van der Waals surface area contributed by atoms with Crippen LogP contribution in [0.1, 0.15) is 56.8 Å². The van der Waals surface area contributed by atoms with E-state index in [9.17, 15) is 9.59 Å². The lowest BCUT2D eigenvalue weighted by Crippen LogP contribution is -2.42. The second-order valence-electron chi connectivity index (χ2n) is 7.30. The van der Waals surface area contributed by atoms with Crippen molar-refractivity contribution in [1.82, 2.24) is 20.0 Å². The number of primary amides is 1. The zero-order chi connectivity index (χ0) is 17.8. The Morgan fingerprint density at radius 1 is 1.32 bits per heavy atom. The van der Waals surface area contributed by atoms with Crippen LogP contribution >= 0.6 is 0 Å². The van der Waals surface area contributed by atoms with E-state index in [1.807, 2.05) is 11.6 Å². The number of nitrogens with zero attached hydrogens (tertiary/aromatic N) is 3. The van der Waals surface area contributed by atoms with E-state index in [1.165, 1.54) is 12.8 Å². The first-order chi connectivity index (χ1) is 12.0. The largest absolute Gasteiger partial charge is 0.368 e. The van der Waals surface area contributed by atoms with Crippen molar-refractivity contribution in [3.63, 3.8) is 0 Å². The van der Waals surface area contributed by atoms with Gasteiger partial charge in [0, 0.05) is 38.5 Å². The number of hydrogen-bond donors (Lipinski definition) is 2. The second kappa shape index (κ2) is 7.99. The van der Waals surface area contributed by atoms with Crippen molar-refractivity contribution in [2.75, 3.05) is 6.54 Å². The third-order valence-corrected chi connectivity index (χ3v) is 5.38. The van der Waals surface area contributed by atoms with Crippen molar-refractivity contribution >= 4 is 11.8 Å². The highest BCUT2D eigenvalue weighted by molar-refractivity contribution is 5.79. The van der Waals surface area contributed by atoms with E-state index in [1.54, 1.807) is 0 Å². The van der Waals surface area contributed by atoms with Gasteiger partial charge < -0.3 is 11.1 Å². The van der Waals surface area contributed by atoms with Gasteiger partial charge in [-0.25, -0.2) is 0 Å². The standard InChI is InChI=1S/C18H29N5O2/c1-13(18(19)25)22-9-4-10-23-16(12-22)11-15(21-23)7-8-17(24)20-14-5-2-3-6-14/h11,13-14H,2-10,12H2,1H3,(H2,19,25)(H,20,24)/t13-/m0/s1. The number of fused-ring (bicyclic) bond motifs is 1. The lowest BCUT2D eigenvalue weighted by atomic mass is 10.2. The number of carbonyl (C=O) groups excluding carboxylic acids is 2. The lowest BCUT2D eigenvalue weighted by molar-refractivity contribution is -0.123. The molecule has 1 aromatic heterocycles. The van der Waals surface area contributed by atoms with Gasteiger partial charge in [0.25, 0.3) is 0 Å². The van der Waals surface area contributed by atoms with E-state index < -0.39 is 0 Å². The fraction of sp³-hybridized carbons (Fsp3) is 0.722. The Labute approximate surface area is 148 Å². The van der Waals surface area contributed by atoms with Crippen molar-refractivity contribution in [2.24, 2.45) is 5.73 Å². The molecule has 0 saturated heterocycles. The number of carbonyl (C=O) groups is 2. The van der Waals surface area contributed by atoms with Gasteiger partial charge in [-0.1, -0.05) is 12.8 Å². The number of rotatable bonds is 6. The molecule has 0 spiro atoms. The zero-order valence-corrected chi connectivity index (χ0v) is 15.0. The van der Waals surface area contributed by atoms with Crippen molar-refractivity contribution in [2.45, 2.75) is 77.0 Å². The van der Waals surface area contributed by atoms with Crippen LogP contribution in [0.5, 0.6) is 0 Å². The normalized spacial score (nSPS) is 20.0. The fourth-order valence-corrected chi connectivity index (χ4v) is 3.79. The summed E-state index contributed by atoms with van der Waals surface area (Å²) in [5.74, 6) is -0.171. The van der Waals surface area contributed by atoms with Crippen LogP contribution in [-0.2, 0) is 29.1 Å². The van der Waals surface area contributed by atoms with Crippen LogP contribution in [0.3, 0.4) is 0 Å². The molecule has 7 nitrogen and oxygen atoms in total. The van der Waals surface area contributed by atoms with E-state index in [0.717, 1.165) is 43.7 Å². The Kier molecular flexibility index (Phi) is 5.73. The second-order valence-corrected chi connectivity index (χ2v) is 7.30. The van der Waals surface area contributed by atoms with E-state index in [4.69, 9.17) is 5.73 Å². The minimum absolute atomic E-state index is 0.124. The Morgan fingerprint density at radius 3 is 2.80 bits per heavy atom. The van der Waals surface area contributed by atoms with Crippen molar-refractivity contribution in [1.29, 1.82) is 0 Å². The predicted molar refractivity (Wildman–Crippen MR) is 94.6 cm³/mol. The molecule has 2 aliphatic rings. The molecule has 0 unspecified atom stereocenters. The van der Waals surface area contributed by atoms with Crippen LogP contribution in [0.25, 0.3) is 0 Å². The molecule has 138 valence electrons. The Morgan fingerprint density at radius 2 is 2.08 bits per heavy atom. The minimum atomic E-state index is -0.295. The third-order valence-electron chi connectivity index (χ3n) is 5.38. The van der Waals surface area contributed by atoms with Gasteiger partial charge in [0.1, 0.15) is 0 Å². The smallest absolute Gasteiger partial charge is 0.234 e. The highest BCUT2D eigenvalue weighted by atomic mass is 16.2. The van der Waals surface area contributed by atoms with Gasteiger partial charge in [-0.3, -0.25) is 19.2 Å². The molecule has 0 aromatic carbocycles. The summed E-state index contributed by atoms with van der Waals surface area (Å²) in [6, 6.07) is 2.16. The summed E-state index contributed by atoms with van der Waals surface area (Å²) in [4.78, 5) is 25.6. The SMILES string of the molecule is C[C@@H](C(N)=O)N1CCCn2nc(CCC(=O)NC3CCCC3)cc2C1. The molecule has 1 saturated carbocycles. The summed E-state index contributed by atoms with van der Waals surface area (Å²) in [6.45, 7) is 4.20. The van der Waals surface area contributed by atoms with E-state index in [-0.39, 0.29) is 17.9 Å². The highest BCUT2D eigenvalue weighted by Crippen LogP contribution is 2.19. The highest BCUT2D eigenvalue weighted by Gasteiger charge is 2.24. The predicted octanol–water partition coefficient (Wildman–Crippen LogP) is 0.954. The van der Waals surface area contributed by atoms with Crippen LogP contribution in [0.4, 0.5) is 0 Å². The quantitative estimate of drug-likeness (QED) is 0.801. The molecular formula is C18H29N5O2. The number of amides is 2. The maximum atomic E-state index is 12.1. The van der Waals surface area contributed by atoms with Crippen LogP contribution in [0.2, 0.25) is 0 Å². The van der Waals surface area contributed by atoms with Gasteiger partial charge in [0.05, 0.1) is 17.4 Å². The van der Waals surface area contributed by atoms with E-state index >= 15 is 0 Å². The zero-order valence-electron chi connectivity index (χ0n) is 15.0. The van der Waals surface area contributed by atoms with Crippen molar-refractivity contribution < 1.29 is 9.59 Å². The lowest BCUT2D eigenvalue weighted by Gasteiger charge is -2.24. The number of nitrogens with one attached hydrogen (secondary N) is 1. The Balaban J connectivity index is 1.55.